The summed E-state index contributed by atoms with van der Waals surface area (Å²) in [6.45, 7) is 2.58. The van der Waals surface area contributed by atoms with Crippen LogP contribution >= 0.6 is 34.5 Å². The highest BCUT2D eigenvalue weighted by Gasteiger charge is 2.11. The second-order valence-corrected chi connectivity index (χ2v) is 4.46. The van der Waals surface area contributed by atoms with E-state index in [-0.39, 0.29) is 0 Å². The summed E-state index contributed by atoms with van der Waals surface area (Å²) in [5, 5.41) is 4.02. The summed E-state index contributed by atoms with van der Waals surface area (Å²) >= 11 is 13.6. The van der Waals surface area contributed by atoms with Crippen molar-refractivity contribution < 1.29 is 4.74 Å². The van der Waals surface area contributed by atoms with E-state index in [4.69, 9.17) is 27.9 Å². The van der Waals surface area contributed by atoms with E-state index < -0.39 is 0 Å². The third kappa shape index (κ3) is 1.58. The number of hydrogen-bond acceptors (Lipinski definition) is 2. The molecule has 0 aliphatic carbocycles. The Morgan fingerprint density at radius 1 is 1.36 bits per heavy atom. The van der Waals surface area contributed by atoms with Gasteiger partial charge in [-0.3, -0.25) is 0 Å². The SMILES string of the molecule is CCOc1csc2ccc(Cl)c(Cl)c12. The molecular weight excluding hydrogens is 239 g/mol. The number of ether oxygens (including phenoxy) is 1. The Bertz CT molecular complexity index is 464. The minimum atomic E-state index is 0.568. The van der Waals surface area contributed by atoms with Crippen molar-refractivity contribution in [3.05, 3.63) is 27.6 Å². The fraction of sp³-hybridized carbons (Fsp3) is 0.200. The molecule has 0 unspecified atom stereocenters. The zero-order valence-electron chi connectivity index (χ0n) is 7.51. The molecule has 0 fully saturated rings. The van der Waals surface area contributed by atoms with Gasteiger partial charge in [0.25, 0.3) is 0 Å². The van der Waals surface area contributed by atoms with Gasteiger partial charge in [-0.05, 0) is 19.1 Å². The van der Waals surface area contributed by atoms with Crippen molar-refractivity contribution in [2.75, 3.05) is 6.61 Å². The van der Waals surface area contributed by atoms with Gasteiger partial charge in [0.05, 0.1) is 22.0 Å². The highest BCUT2D eigenvalue weighted by atomic mass is 35.5. The van der Waals surface area contributed by atoms with Crippen LogP contribution in [-0.2, 0) is 0 Å². The normalized spacial score (nSPS) is 10.8. The molecule has 0 N–H and O–H groups in total. The van der Waals surface area contributed by atoms with Crippen LogP contribution in [0.4, 0.5) is 0 Å². The van der Waals surface area contributed by atoms with Gasteiger partial charge in [-0.2, -0.15) is 0 Å². The van der Waals surface area contributed by atoms with Crippen molar-refractivity contribution in [3.8, 4) is 5.75 Å². The second-order valence-electron chi connectivity index (χ2n) is 2.77. The summed E-state index contributed by atoms with van der Waals surface area (Å²) in [6, 6.07) is 3.76. The molecule has 0 spiro atoms. The molecule has 0 bridgehead atoms. The predicted molar refractivity (Wildman–Crippen MR) is 63.0 cm³/mol. The van der Waals surface area contributed by atoms with Gasteiger partial charge in [0.15, 0.2) is 0 Å². The lowest BCUT2D eigenvalue weighted by Crippen LogP contribution is -1.89. The number of fused-ring (bicyclic) bond motifs is 1. The van der Waals surface area contributed by atoms with E-state index in [1.54, 1.807) is 17.4 Å². The first-order valence-electron chi connectivity index (χ1n) is 4.22. The number of thiophene rings is 1. The van der Waals surface area contributed by atoms with Gasteiger partial charge in [0.1, 0.15) is 5.75 Å². The molecule has 74 valence electrons. The molecular formula is C10H8Cl2OS. The third-order valence-corrected chi connectivity index (χ3v) is 3.63. The molecule has 2 aromatic rings. The zero-order chi connectivity index (χ0) is 10.1. The first-order chi connectivity index (χ1) is 6.74. The van der Waals surface area contributed by atoms with E-state index in [9.17, 15) is 0 Å². The van der Waals surface area contributed by atoms with Crippen LogP contribution in [0.25, 0.3) is 10.1 Å². The van der Waals surface area contributed by atoms with Gasteiger partial charge < -0.3 is 4.74 Å². The van der Waals surface area contributed by atoms with Crippen LogP contribution in [0.3, 0.4) is 0 Å². The minimum Gasteiger partial charge on any atom is -0.492 e. The minimum absolute atomic E-state index is 0.568. The van der Waals surface area contributed by atoms with Crippen LogP contribution in [0, 0.1) is 0 Å². The van der Waals surface area contributed by atoms with Crippen molar-refractivity contribution in [1.82, 2.24) is 0 Å². The molecule has 0 aliphatic heterocycles. The molecule has 4 heteroatoms. The molecule has 1 heterocycles. The van der Waals surface area contributed by atoms with Crippen molar-refractivity contribution in [2.45, 2.75) is 6.92 Å². The topological polar surface area (TPSA) is 9.23 Å². The Hall–Kier alpha value is -0.440. The summed E-state index contributed by atoms with van der Waals surface area (Å²) in [7, 11) is 0. The number of rotatable bonds is 2. The zero-order valence-corrected chi connectivity index (χ0v) is 9.84. The van der Waals surface area contributed by atoms with Crippen molar-refractivity contribution in [2.24, 2.45) is 0 Å². The molecule has 1 aromatic heterocycles. The monoisotopic (exact) mass is 246 g/mol. The Morgan fingerprint density at radius 2 is 2.14 bits per heavy atom. The van der Waals surface area contributed by atoms with Crippen LogP contribution in [0.15, 0.2) is 17.5 Å². The van der Waals surface area contributed by atoms with Crippen LogP contribution < -0.4 is 4.74 Å². The maximum Gasteiger partial charge on any atom is 0.139 e. The van der Waals surface area contributed by atoms with E-state index >= 15 is 0 Å². The number of hydrogen-bond donors (Lipinski definition) is 0. The molecule has 0 saturated heterocycles. The quantitative estimate of drug-likeness (QED) is 0.753. The Morgan fingerprint density at radius 3 is 2.86 bits per heavy atom. The average Bonchev–Trinajstić information content (AvgIpc) is 2.57. The third-order valence-electron chi connectivity index (χ3n) is 1.90. The Labute approximate surface area is 96.2 Å². The smallest absolute Gasteiger partial charge is 0.139 e. The average molecular weight is 247 g/mol. The molecule has 1 nitrogen and oxygen atoms in total. The summed E-state index contributed by atoms with van der Waals surface area (Å²) in [5.41, 5.74) is 0. The van der Waals surface area contributed by atoms with Crippen LogP contribution in [-0.4, -0.2) is 6.61 Å². The molecule has 0 aliphatic rings. The number of halogens is 2. The van der Waals surface area contributed by atoms with Crippen LogP contribution in [0.1, 0.15) is 6.92 Å². The molecule has 0 saturated carbocycles. The fourth-order valence-electron chi connectivity index (χ4n) is 1.30. The number of benzene rings is 1. The lowest BCUT2D eigenvalue weighted by atomic mass is 10.2. The Kier molecular flexibility index (Phi) is 2.86. The summed E-state index contributed by atoms with van der Waals surface area (Å²) in [4.78, 5) is 0. The van der Waals surface area contributed by atoms with Gasteiger partial charge in [0.2, 0.25) is 0 Å². The molecule has 0 atom stereocenters. The van der Waals surface area contributed by atoms with E-state index in [0.717, 1.165) is 15.8 Å². The van der Waals surface area contributed by atoms with E-state index in [1.807, 2.05) is 18.4 Å². The van der Waals surface area contributed by atoms with Crippen molar-refractivity contribution in [3.63, 3.8) is 0 Å². The maximum absolute atomic E-state index is 6.10. The van der Waals surface area contributed by atoms with E-state index in [2.05, 4.69) is 0 Å². The summed E-state index contributed by atoms with van der Waals surface area (Å²) in [6.07, 6.45) is 0. The molecule has 2 rings (SSSR count). The van der Waals surface area contributed by atoms with Gasteiger partial charge in [-0.1, -0.05) is 23.2 Å². The molecule has 1 aromatic carbocycles. The molecule has 0 amide bonds. The first-order valence-corrected chi connectivity index (χ1v) is 5.85. The highest BCUT2D eigenvalue weighted by Crippen LogP contribution is 2.40. The van der Waals surface area contributed by atoms with Crippen LogP contribution in [0.2, 0.25) is 10.0 Å². The summed E-state index contributed by atoms with van der Waals surface area (Å²) in [5.74, 6) is 0.819. The van der Waals surface area contributed by atoms with Crippen molar-refractivity contribution >= 4 is 44.6 Å². The first kappa shape index (κ1) is 10.1. The molecule has 0 radical (unpaired) electrons. The lowest BCUT2D eigenvalue weighted by Gasteiger charge is -2.02. The molecule has 14 heavy (non-hydrogen) atoms. The van der Waals surface area contributed by atoms with Gasteiger partial charge in [-0.15, -0.1) is 11.3 Å². The fourth-order valence-corrected chi connectivity index (χ4v) is 2.66. The highest BCUT2D eigenvalue weighted by molar-refractivity contribution is 7.17. The summed E-state index contributed by atoms with van der Waals surface area (Å²) < 4.78 is 6.56. The maximum atomic E-state index is 6.10. The van der Waals surface area contributed by atoms with Gasteiger partial charge in [0, 0.05) is 10.1 Å². The van der Waals surface area contributed by atoms with Crippen LogP contribution in [0.5, 0.6) is 5.75 Å². The van der Waals surface area contributed by atoms with Gasteiger partial charge >= 0.3 is 0 Å². The van der Waals surface area contributed by atoms with E-state index in [1.165, 1.54) is 0 Å². The lowest BCUT2D eigenvalue weighted by molar-refractivity contribution is 0.345. The van der Waals surface area contributed by atoms with Gasteiger partial charge in [-0.25, -0.2) is 0 Å². The predicted octanol–water partition coefficient (Wildman–Crippen LogP) is 4.61. The largest absolute Gasteiger partial charge is 0.492 e. The standard InChI is InChI=1S/C10H8Cl2OS/c1-2-13-7-5-14-8-4-3-6(11)10(12)9(7)8/h3-5H,2H2,1H3. The van der Waals surface area contributed by atoms with Crippen molar-refractivity contribution in [1.29, 1.82) is 0 Å². The van der Waals surface area contributed by atoms with E-state index in [0.29, 0.717) is 16.7 Å². The second kappa shape index (κ2) is 3.97. The Balaban J connectivity index is 2.69.